The van der Waals surface area contributed by atoms with E-state index in [4.69, 9.17) is 14.5 Å². The first kappa shape index (κ1) is 21.4. The highest BCUT2D eigenvalue weighted by atomic mass is 32.2. The molecule has 6 nitrogen and oxygen atoms in total. The second-order valence-electron chi connectivity index (χ2n) is 7.23. The maximum Gasteiger partial charge on any atom is 0.230 e. The van der Waals surface area contributed by atoms with Crippen molar-refractivity contribution in [3.63, 3.8) is 0 Å². The minimum absolute atomic E-state index is 0.0727. The zero-order valence-electron chi connectivity index (χ0n) is 17.2. The normalized spacial score (nSPS) is 15.7. The lowest BCUT2D eigenvalue weighted by Crippen LogP contribution is -2.32. The number of hydrogen-bond acceptors (Lipinski definition) is 5. The summed E-state index contributed by atoms with van der Waals surface area (Å²) in [4.78, 5) is 20.4. The van der Waals surface area contributed by atoms with Crippen molar-refractivity contribution in [2.45, 2.75) is 24.0 Å². The molecule has 1 aliphatic rings. The van der Waals surface area contributed by atoms with Crippen LogP contribution < -0.4 is 10.1 Å². The number of rotatable bonds is 8. The third kappa shape index (κ3) is 5.45. The molecule has 1 saturated heterocycles. The van der Waals surface area contributed by atoms with Gasteiger partial charge in [-0.25, -0.2) is 9.37 Å². The summed E-state index contributed by atoms with van der Waals surface area (Å²) in [6.07, 6.45) is 2.12. The van der Waals surface area contributed by atoms with E-state index in [9.17, 15) is 9.18 Å². The summed E-state index contributed by atoms with van der Waals surface area (Å²) in [7, 11) is 1.61. The van der Waals surface area contributed by atoms with E-state index in [2.05, 4.69) is 10.3 Å². The predicted molar refractivity (Wildman–Crippen MR) is 119 cm³/mol. The summed E-state index contributed by atoms with van der Waals surface area (Å²) in [5, 5.41) is 3.60. The van der Waals surface area contributed by atoms with Gasteiger partial charge < -0.3 is 19.8 Å². The lowest BCUT2D eigenvalue weighted by Gasteiger charge is -2.10. The molecule has 31 heavy (non-hydrogen) atoms. The highest BCUT2D eigenvalue weighted by Gasteiger charge is 2.18. The van der Waals surface area contributed by atoms with E-state index in [1.807, 2.05) is 24.3 Å². The number of carbonyl (C=O) groups is 1. The van der Waals surface area contributed by atoms with Gasteiger partial charge in [0.05, 0.1) is 24.7 Å². The fourth-order valence-electron chi connectivity index (χ4n) is 3.40. The summed E-state index contributed by atoms with van der Waals surface area (Å²) in [5.41, 5.74) is 2.40. The fourth-order valence-corrected chi connectivity index (χ4v) is 4.24. The molecular formula is C23H24FN3O3S. The van der Waals surface area contributed by atoms with Crippen LogP contribution in [-0.2, 0) is 9.53 Å². The molecule has 8 heteroatoms. The molecule has 4 rings (SSSR count). The van der Waals surface area contributed by atoms with Gasteiger partial charge in [-0.1, -0.05) is 23.9 Å². The molecule has 0 aliphatic carbocycles. The molecule has 1 amide bonds. The molecule has 1 fully saturated rings. The Morgan fingerprint density at radius 1 is 1.29 bits per heavy atom. The number of aromatic nitrogens is 2. The van der Waals surface area contributed by atoms with E-state index >= 15 is 0 Å². The Morgan fingerprint density at radius 2 is 2.13 bits per heavy atom. The minimum atomic E-state index is -0.306. The second kappa shape index (κ2) is 9.98. The van der Waals surface area contributed by atoms with Gasteiger partial charge >= 0.3 is 0 Å². The summed E-state index contributed by atoms with van der Waals surface area (Å²) >= 11 is 1.34. The first-order valence-electron chi connectivity index (χ1n) is 10.1. The molecule has 1 aliphatic heterocycles. The average Bonchev–Trinajstić information content (AvgIpc) is 3.47. The van der Waals surface area contributed by atoms with Crippen LogP contribution in [0.25, 0.3) is 22.6 Å². The Kier molecular flexibility index (Phi) is 6.89. The number of aromatic amines is 1. The summed E-state index contributed by atoms with van der Waals surface area (Å²) in [5.74, 6) is 1.22. The average molecular weight is 442 g/mol. The van der Waals surface area contributed by atoms with E-state index in [1.165, 1.54) is 23.9 Å². The van der Waals surface area contributed by atoms with Gasteiger partial charge in [-0.3, -0.25) is 4.79 Å². The molecule has 0 spiro atoms. The molecule has 0 bridgehead atoms. The van der Waals surface area contributed by atoms with Crippen molar-refractivity contribution in [2.75, 3.05) is 26.0 Å². The van der Waals surface area contributed by atoms with Crippen molar-refractivity contribution in [3.8, 4) is 28.4 Å². The van der Waals surface area contributed by atoms with Crippen LogP contribution in [0.1, 0.15) is 12.8 Å². The molecule has 1 atom stereocenters. The van der Waals surface area contributed by atoms with Crippen LogP contribution in [0.2, 0.25) is 0 Å². The molecule has 2 N–H and O–H groups in total. The molecular weight excluding hydrogens is 417 g/mol. The van der Waals surface area contributed by atoms with Gasteiger partial charge in [0.15, 0.2) is 0 Å². The molecule has 0 unspecified atom stereocenters. The second-order valence-corrected chi connectivity index (χ2v) is 8.20. The first-order valence-corrected chi connectivity index (χ1v) is 11.1. The van der Waals surface area contributed by atoms with Crippen LogP contribution in [0.15, 0.2) is 53.6 Å². The van der Waals surface area contributed by atoms with Gasteiger partial charge in [0, 0.05) is 24.3 Å². The molecule has 1 aromatic heterocycles. The predicted octanol–water partition coefficient (Wildman–Crippen LogP) is 4.28. The van der Waals surface area contributed by atoms with Gasteiger partial charge in [0.25, 0.3) is 0 Å². The van der Waals surface area contributed by atoms with Crippen LogP contribution in [0.4, 0.5) is 4.39 Å². The highest BCUT2D eigenvalue weighted by molar-refractivity contribution is 8.00. The number of ether oxygens (including phenoxy) is 2. The van der Waals surface area contributed by atoms with Gasteiger partial charge in [-0.05, 0) is 49.2 Å². The van der Waals surface area contributed by atoms with Crippen LogP contribution in [0.5, 0.6) is 5.75 Å². The van der Waals surface area contributed by atoms with Crippen molar-refractivity contribution in [3.05, 3.63) is 54.3 Å². The Bertz CT molecular complexity index is 1030. The summed E-state index contributed by atoms with van der Waals surface area (Å²) in [6, 6.07) is 13.8. The van der Waals surface area contributed by atoms with Crippen molar-refractivity contribution < 1.29 is 18.7 Å². The standard InChI is InChI=1S/C23H24FN3O3S/c1-29-18-5-2-4-16(12-18)22-26-21(15-7-9-17(24)10-8-15)23(27-22)31-14-20(28)25-13-19-6-3-11-30-19/h2,4-5,7-10,12,19H,3,6,11,13-14H2,1H3,(H,25,28)(H,26,27)/t19-/m0/s1. The number of nitrogens with zero attached hydrogens (tertiary/aromatic N) is 1. The topological polar surface area (TPSA) is 76.2 Å². The van der Waals surface area contributed by atoms with E-state index in [0.717, 1.165) is 42.0 Å². The molecule has 0 radical (unpaired) electrons. The van der Waals surface area contributed by atoms with Gasteiger partial charge in [-0.15, -0.1) is 0 Å². The number of H-pyrrole nitrogens is 1. The molecule has 0 saturated carbocycles. The smallest absolute Gasteiger partial charge is 0.230 e. The minimum Gasteiger partial charge on any atom is -0.497 e. The van der Waals surface area contributed by atoms with Crippen LogP contribution in [0, 0.1) is 5.82 Å². The lowest BCUT2D eigenvalue weighted by atomic mass is 10.1. The summed E-state index contributed by atoms with van der Waals surface area (Å²) < 4.78 is 24.3. The first-order chi connectivity index (χ1) is 15.1. The molecule has 3 aromatic rings. The highest BCUT2D eigenvalue weighted by Crippen LogP contribution is 2.33. The summed E-state index contributed by atoms with van der Waals surface area (Å²) in [6.45, 7) is 1.29. The Balaban J connectivity index is 1.53. The van der Waals surface area contributed by atoms with E-state index in [-0.39, 0.29) is 23.6 Å². The Hall–Kier alpha value is -2.84. The molecule has 162 valence electrons. The van der Waals surface area contributed by atoms with Gasteiger partial charge in [0.1, 0.15) is 22.4 Å². The van der Waals surface area contributed by atoms with Gasteiger partial charge in [-0.2, -0.15) is 0 Å². The number of hydrogen-bond donors (Lipinski definition) is 2. The zero-order chi connectivity index (χ0) is 21.6. The number of nitrogens with one attached hydrogen (secondary N) is 2. The largest absolute Gasteiger partial charge is 0.497 e. The monoisotopic (exact) mass is 441 g/mol. The fraction of sp³-hybridized carbons (Fsp3) is 0.304. The van der Waals surface area contributed by atoms with Crippen LogP contribution in [0.3, 0.4) is 0 Å². The van der Waals surface area contributed by atoms with Crippen molar-refractivity contribution in [2.24, 2.45) is 0 Å². The number of halogens is 1. The Morgan fingerprint density at radius 3 is 2.87 bits per heavy atom. The number of carbonyl (C=O) groups excluding carboxylic acids is 1. The Labute approximate surface area is 184 Å². The third-order valence-corrected chi connectivity index (χ3v) is 6.01. The van der Waals surface area contributed by atoms with E-state index < -0.39 is 0 Å². The number of imidazole rings is 1. The van der Waals surface area contributed by atoms with E-state index in [1.54, 1.807) is 19.2 Å². The van der Waals surface area contributed by atoms with Crippen LogP contribution in [-0.4, -0.2) is 48.0 Å². The maximum absolute atomic E-state index is 13.4. The quantitative estimate of drug-likeness (QED) is 0.511. The van der Waals surface area contributed by atoms with Crippen molar-refractivity contribution in [1.82, 2.24) is 15.3 Å². The third-order valence-electron chi connectivity index (χ3n) is 5.04. The van der Waals surface area contributed by atoms with Crippen molar-refractivity contribution in [1.29, 1.82) is 0 Å². The number of benzene rings is 2. The van der Waals surface area contributed by atoms with Crippen LogP contribution >= 0.6 is 11.8 Å². The number of methoxy groups -OCH3 is 1. The molecule has 2 heterocycles. The lowest BCUT2D eigenvalue weighted by molar-refractivity contribution is -0.119. The molecule has 2 aromatic carbocycles. The van der Waals surface area contributed by atoms with Crippen molar-refractivity contribution >= 4 is 17.7 Å². The van der Waals surface area contributed by atoms with E-state index in [0.29, 0.717) is 17.4 Å². The zero-order valence-corrected chi connectivity index (χ0v) is 18.0. The number of thioether (sulfide) groups is 1. The maximum atomic E-state index is 13.4. The number of amides is 1. The van der Waals surface area contributed by atoms with Gasteiger partial charge in [0.2, 0.25) is 5.91 Å². The SMILES string of the molecule is COc1cccc(-c2nc(SCC(=O)NC[C@@H]3CCCO3)c(-c3ccc(F)cc3)[nH]2)c1.